The zero-order valence-electron chi connectivity index (χ0n) is 9.61. The van der Waals surface area contributed by atoms with E-state index in [0.29, 0.717) is 24.3 Å². The van der Waals surface area contributed by atoms with Gasteiger partial charge >= 0.3 is 0 Å². The largest absolute Gasteiger partial charge is 0.369 e. The molecule has 2 atom stereocenters. The lowest BCUT2D eigenvalue weighted by atomic mass is 9.78. The lowest BCUT2D eigenvalue weighted by Crippen LogP contribution is -2.41. The summed E-state index contributed by atoms with van der Waals surface area (Å²) in [6.07, 6.45) is 3.09. The molecule has 2 aliphatic carbocycles. The monoisotopic (exact) mass is 229 g/mol. The Kier molecular flexibility index (Phi) is 2.12. The molecule has 17 heavy (non-hydrogen) atoms. The Hall–Kier alpha value is -1.64. The highest BCUT2D eigenvalue weighted by Crippen LogP contribution is 2.48. The maximum atomic E-state index is 12.6. The average molecular weight is 229 g/mol. The Balaban J connectivity index is 2.18. The molecular weight excluding hydrogens is 214 g/mol. The second-order valence-electron chi connectivity index (χ2n) is 5.25. The molecular formula is C14H15NO2. The normalized spacial score (nSPS) is 30.8. The number of carbonyl (C=O) groups is 2. The van der Waals surface area contributed by atoms with Crippen LogP contribution in [0.1, 0.15) is 35.2 Å². The number of Topliss-reactive ketones (excluding diaryl/α,β-unsaturated/α-hetero) is 1. The fraction of sp³-hybridized carbons (Fsp3) is 0.429. The van der Waals surface area contributed by atoms with E-state index in [4.69, 9.17) is 5.73 Å². The van der Waals surface area contributed by atoms with Crippen molar-refractivity contribution < 1.29 is 9.59 Å². The number of hydrogen-bond acceptors (Lipinski definition) is 2. The minimum absolute atomic E-state index is 0.0550. The number of benzene rings is 1. The van der Waals surface area contributed by atoms with Gasteiger partial charge in [0.15, 0.2) is 5.78 Å². The van der Waals surface area contributed by atoms with Crippen molar-refractivity contribution in [2.24, 2.45) is 17.1 Å². The van der Waals surface area contributed by atoms with Gasteiger partial charge in [0.05, 0.1) is 0 Å². The zero-order valence-corrected chi connectivity index (χ0v) is 9.61. The molecule has 2 unspecified atom stereocenters. The van der Waals surface area contributed by atoms with E-state index in [9.17, 15) is 9.59 Å². The van der Waals surface area contributed by atoms with Crippen molar-refractivity contribution in [2.45, 2.75) is 25.7 Å². The second kappa shape index (κ2) is 3.42. The van der Waals surface area contributed by atoms with Gasteiger partial charge in [-0.05, 0) is 37.2 Å². The van der Waals surface area contributed by atoms with Crippen LogP contribution < -0.4 is 5.73 Å². The Morgan fingerprint density at radius 3 is 2.88 bits per heavy atom. The van der Waals surface area contributed by atoms with Gasteiger partial charge < -0.3 is 5.73 Å². The van der Waals surface area contributed by atoms with Crippen LogP contribution in [-0.4, -0.2) is 11.7 Å². The second-order valence-corrected chi connectivity index (χ2v) is 5.25. The smallest absolute Gasteiger partial charge is 0.231 e. The number of hydrogen-bond donors (Lipinski definition) is 1. The summed E-state index contributed by atoms with van der Waals surface area (Å²) in [5, 5.41) is 0. The van der Waals surface area contributed by atoms with Crippen molar-refractivity contribution in [3.63, 3.8) is 0 Å². The first-order valence-electron chi connectivity index (χ1n) is 6.06. The Labute approximate surface area is 100 Å². The van der Waals surface area contributed by atoms with Gasteiger partial charge in [-0.25, -0.2) is 0 Å². The number of carbonyl (C=O) groups excluding carboxylic acids is 2. The van der Waals surface area contributed by atoms with Gasteiger partial charge in [-0.3, -0.25) is 9.59 Å². The number of ketones is 1. The third kappa shape index (κ3) is 1.35. The number of amides is 1. The summed E-state index contributed by atoms with van der Waals surface area (Å²) in [4.78, 5) is 24.3. The molecule has 1 fully saturated rings. The first-order valence-corrected chi connectivity index (χ1v) is 6.06. The molecule has 3 heteroatoms. The molecule has 1 saturated carbocycles. The van der Waals surface area contributed by atoms with Gasteiger partial charge in [-0.2, -0.15) is 0 Å². The highest BCUT2D eigenvalue weighted by molar-refractivity contribution is 6.14. The van der Waals surface area contributed by atoms with E-state index in [1.807, 2.05) is 24.3 Å². The van der Waals surface area contributed by atoms with Crippen LogP contribution in [0.4, 0.5) is 0 Å². The van der Waals surface area contributed by atoms with Gasteiger partial charge in [-0.15, -0.1) is 0 Å². The fourth-order valence-electron chi connectivity index (χ4n) is 3.35. The lowest BCUT2D eigenvalue weighted by Gasteiger charge is -2.23. The molecule has 3 rings (SSSR count). The molecule has 0 aromatic heterocycles. The third-order valence-electron chi connectivity index (χ3n) is 4.29. The van der Waals surface area contributed by atoms with Crippen molar-refractivity contribution in [1.82, 2.24) is 0 Å². The number of primary amides is 1. The molecule has 2 N–H and O–H groups in total. The Morgan fingerprint density at radius 2 is 2.12 bits per heavy atom. The van der Waals surface area contributed by atoms with Crippen LogP contribution in [0.25, 0.3) is 0 Å². The maximum Gasteiger partial charge on any atom is 0.231 e. The zero-order chi connectivity index (χ0) is 12.0. The first kappa shape index (κ1) is 10.5. The van der Waals surface area contributed by atoms with Gasteiger partial charge in [0.2, 0.25) is 5.91 Å². The quantitative estimate of drug-likeness (QED) is 0.745. The molecule has 2 bridgehead atoms. The molecule has 0 heterocycles. The molecule has 0 aliphatic heterocycles. The van der Waals surface area contributed by atoms with E-state index in [0.717, 1.165) is 18.4 Å². The van der Waals surface area contributed by atoms with Crippen molar-refractivity contribution in [3.05, 3.63) is 35.4 Å². The highest BCUT2D eigenvalue weighted by Gasteiger charge is 2.52. The van der Waals surface area contributed by atoms with Gasteiger partial charge in [-0.1, -0.05) is 24.3 Å². The van der Waals surface area contributed by atoms with Crippen molar-refractivity contribution in [2.75, 3.05) is 0 Å². The summed E-state index contributed by atoms with van der Waals surface area (Å²) in [6.45, 7) is 0. The predicted molar refractivity (Wildman–Crippen MR) is 63.4 cm³/mol. The molecule has 0 spiro atoms. The van der Waals surface area contributed by atoms with Gasteiger partial charge in [0.1, 0.15) is 5.41 Å². The van der Waals surface area contributed by atoms with E-state index in [1.54, 1.807) is 0 Å². The van der Waals surface area contributed by atoms with Crippen LogP contribution in [0.3, 0.4) is 0 Å². The SMILES string of the molecule is NC(=O)C12CCC(Cc3ccccc3C1=O)C2. The summed E-state index contributed by atoms with van der Waals surface area (Å²) in [7, 11) is 0. The Bertz CT molecular complexity index is 509. The van der Waals surface area contributed by atoms with Crippen LogP contribution in [0.5, 0.6) is 0 Å². The molecule has 88 valence electrons. The molecule has 0 radical (unpaired) electrons. The van der Waals surface area contributed by atoms with Crippen molar-refractivity contribution in [1.29, 1.82) is 0 Å². The molecule has 1 aromatic carbocycles. The molecule has 2 aliphatic rings. The van der Waals surface area contributed by atoms with E-state index in [2.05, 4.69) is 0 Å². The van der Waals surface area contributed by atoms with Crippen LogP contribution in [0, 0.1) is 11.3 Å². The van der Waals surface area contributed by atoms with E-state index in [1.165, 1.54) is 0 Å². The van der Waals surface area contributed by atoms with E-state index < -0.39 is 11.3 Å². The fourth-order valence-corrected chi connectivity index (χ4v) is 3.35. The molecule has 1 amide bonds. The lowest BCUT2D eigenvalue weighted by molar-refractivity contribution is -0.125. The van der Waals surface area contributed by atoms with Gasteiger partial charge in [0.25, 0.3) is 0 Å². The summed E-state index contributed by atoms with van der Waals surface area (Å²) < 4.78 is 0. The van der Waals surface area contributed by atoms with Crippen molar-refractivity contribution >= 4 is 11.7 Å². The Morgan fingerprint density at radius 1 is 1.35 bits per heavy atom. The topological polar surface area (TPSA) is 60.2 Å². The summed E-state index contributed by atoms with van der Waals surface area (Å²) in [5.74, 6) is -0.0718. The maximum absolute atomic E-state index is 12.6. The third-order valence-corrected chi connectivity index (χ3v) is 4.29. The number of fused-ring (bicyclic) bond motifs is 3. The van der Waals surface area contributed by atoms with Crippen LogP contribution in [-0.2, 0) is 11.2 Å². The van der Waals surface area contributed by atoms with Crippen LogP contribution >= 0.6 is 0 Å². The predicted octanol–water partition coefficient (Wildman–Crippen LogP) is 1.70. The minimum atomic E-state index is -0.919. The number of nitrogens with two attached hydrogens (primary N) is 1. The van der Waals surface area contributed by atoms with E-state index in [-0.39, 0.29) is 5.78 Å². The van der Waals surface area contributed by atoms with Crippen LogP contribution in [0.15, 0.2) is 24.3 Å². The molecule has 0 saturated heterocycles. The summed E-state index contributed by atoms with van der Waals surface area (Å²) >= 11 is 0. The van der Waals surface area contributed by atoms with Gasteiger partial charge in [0, 0.05) is 5.56 Å². The van der Waals surface area contributed by atoms with Crippen molar-refractivity contribution in [3.8, 4) is 0 Å². The highest BCUT2D eigenvalue weighted by atomic mass is 16.2. The van der Waals surface area contributed by atoms with Crippen LogP contribution in [0.2, 0.25) is 0 Å². The molecule has 1 aromatic rings. The summed E-state index contributed by atoms with van der Waals surface area (Å²) in [6, 6.07) is 7.61. The number of rotatable bonds is 1. The first-order chi connectivity index (χ1) is 8.13. The summed E-state index contributed by atoms with van der Waals surface area (Å²) in [5.41, 5.74) is 6.35. The molecule has 3 nitrogen and oxygen atoms in total. The minimum Gasteiger partial charge on any atom is -0.369 e. The van der Waals surface area contributed by atoms with E-state index >= 15 is 0 Å². The standard InChI is InChI=1S/C14H15NO2/c15-13(17)14-6-5-9(8-14)7-10-3-1-2-4-11(10)12(14)16/h1-4,9H,5-8H2,(H2,15,17). The average Bonchev–Trinajstić information content (AvgIpc) is 2.68.